The summed E-state index contributed by atoms with van der Waals surface area (Å²) >= 11 is 3.61. The highest BCUT2D eigenvalue weighted by molar-refractivity contribution is 9.10. The van der Waals surface area contributed by atoms with E-state index in [1.165, 1.54) is 18.4 Å². The summed E-state index contributed by atoms with van der Waals surface area (Å²) in [5.41, 5.74) is 1.23. The second-order valence-corrected chi connectivity index (χ2v) is 6.60. The summed E-state index contributed by atoms with van der Waals surface area (Å²) in [6.45, 7) is 11.6. The van der Waals surface area contributed by atoms with Crippen molar-refractivity contribution in [1.82, 2.24) is 5.32 Å². The zero-order valence-corrected chi connectivity index (χ0v) is 14.8. The molecule has 2 nitrogen and oxygen atoms in total. The standard InChI is InChI=1S/C17H28BrNO/c1-5-14(6-2)12-20-17-15(8-7-9-16(17)18)11-19-10-13(3)4/h7-9,13-14,19H,5-6,10-12H2,1-4H3. The van der Waals surface area contributed by atoms with E-state index in [4.69, 9.17) is 4.74 Å². The Labute approximate surface area is 132 Å². The Kier molecular flexibility index (Phi) is 8.24. The normalized spacial score (nSPS) is 11.3. The molecule has 1 rings (SSSR count). The molecule has 114 valence electrons. The maximum Gasteiger partial charge on any atom is 0.137 e. The minimum Gasteiger partial charge on any atom is -0.492 e. The van der Waals surface area contributed by atoms with E-state index < -0.39 is 0 Å². The van der Waals surface area contributed by atoms with Gasteiger partial charge in [0.2, 0.25) is 0 Å². The van der Waals surface area contributed by atoms with Crippen LogP contribution in [-0.2, 0) is 6.54 Å². The molecule has 0 bridgehead atoms. The first-order chi connectivity index (χ1) is 9.58. The predicted molar refractivity (Wildman–Crippen MR) is 90.3 cm³/mol. The van der Waals surface area contributed by atoms with E-state index >= 15 is 0 Å². The molecule has 0 spiro atoms. The zero-order chi connectivity index (χ0) is 15.0. The Morgan fingerprint density at radius 1 is 1.20 bits per heavy atom. The van der Waals surface area contributed by atoms with Crippen LogP contribution in [0.3, 0.4) is 0 Å². The van der Waals surface area contributed by atoms with Crippen LogP contribution in [0.5, 0.6) is 5.75 Å². The molecule has 0 aliphatic heterocycles. The molecule has 0 radical (unpaired) electrons. The minimum absolute atomic E-state index is 0.638. The van der Waals surface area contributed by atoms with Crippen molar-refractivity contribution in [3.8, 4) is 5.75 Å². The van der Waals surface area contributed by atoms with Crippen LogP contribution < -0.4 is 10.1 Å². The van der Waals surface area contributed by atoms with Gasteiger partial charge in [0.1, 0.15) is 5.75 Å². The Morgan fingerprint density at radius 3 is 2.50 bits per heavy atom. The maximum atomic E-state index is 6.08. The summed E-state index contributed by atoms with van der Waals surface area (Å²) in [6.07, 6.45) is 2.34. The quantitative estimate of drug-likeness (QED) is 0.681. The molecule has 0 amide bonds. The largest absolute Gasteiger partial charge is 0.492 e. The van der Waals surface area contributed by atoms with Crippen LogP contribution in [0.15, 0.2) is 22.7 Å². The van der Waals surface area contributed by atoms with Crippen LogP contribution in [0.4, 0.5) is 0 Å². The zero-order valence-electron chi connectivity index (χ0n) is 13.2. The summed E-state index contributed by atoms with van der Waals surface area (Å²) in [7, 11) is 0. The molecule has 0 fully saturated rings. The van der Waals surface area contributed by atoms with Gasteiger partial charge in [-0.05, 0) is 40.4 Å². The fourth-order valence-corrected chi connectivity index (χ4v) is 2.60. The van der Waals surface area contributed by atoms with Gasteiger partial charge >= 0.3 is 0 Å². The van der Waals surface area contributed by atoms with Crippen molar-refractivity contribution in [1.29, 1.82) is 0 Å². The second kappa shape index (κ2) is 9.41. The molecule has 1 aromatic rings. The third kappa shape index (κ3) is 5.84. The van der Waals surface area contributed by atoms with Crippen LogP contribution in [0.2, 0.25) is 0 Å². The summed E-state index contributed by atoms with van der Waals surface area (Å²) in [5.74, 6) is 2.30. The van der Waals surface area contributed by atoms with Crippen molar-refractivity contribution in [3.05, 3.63) is 28.2 Å². The predicted octanol–water partition coefficient (Wildman–Crippen LogP) is 5.01. The third-order valence-corrected chi connectivity index (χ3v) is 4.16. The first-order valence-electron chi connectivity index (χ1n) is 7.69. The molecular formula is C17H28BrNO. The van der Waals surface area contributed by atoms with E-state index in [0.717, 1.165) is 29.9 Å². The number of hydrogen-bond acceptors (Lipinski definition) is 2. The molecule has 0 atom stereocenters. The molecule has 0 aliphatic carbocycles. The topological polar surface area (TPSA) is 21.3 Å². The second-order valence-electron chi connectivity index (χ2n) is 5.75. The van der Waals surface area contributed by atoms with Gasteiger partial charge in [0.05, 0.1) is 11.1 Å². The smallest absolute Gasteiger partial charge is 0.137 e. The fraction of sp³-hybridized carbons (Fsp3) is 0.647. The van der Waals surface area contributed by atoms with Crippen LogP contribution in [-0.4, -0.2) is 13.2 Å². The number of hydrogen-bond donors (Lipinski definition) is 1. The Balaban J connectivity index is 2.67. The number of nitrogens with one attached hydrogen (secondary N) is 1. The SMILES string of the molecule is CCC(CC)COc1c(Br)cccc1CNCC(C)C. The summed E-state index contributed by atoms with van der Waals surface area (Å²) < 4.78 is 7.13. The highest BCUT2D eigenvalue weighted by Gasteiger charge is 2.11. The number of para-hydroxylation sites is 1. The Hall–Kier alpha value is -0.540. The van der Waals surface area contributed by atoms with E-state index in [1.807, 2.05) is 6.07 Å². The molecule has 3 heteroatoms. The number of halogens is 1. The van der Waals surface area contributed by atoms with Crippen molar-refractivity contribution >= 4 is 15.9 Å². The van der Waals surface area contributed by atoms with Crippen molar-refractivity contribution in [2.45, 2.75) is 47.1 Å². The van der Waals surface area contributed by atoms with Crippen LogP contribution in [0, 0.1) is 11.8 Å². The van der Waals surface area contributed by atoms with Gasteiger partial charge in [0.25, 0.3) is 0 Å². The van der Waals surface area contributed by atoms with Crippen LogP contribution >= 0.6 is 15.9 Å². The van der Waals surface area contributed by atoms with Gasteiger partial charge in [-0.25, -0.2) is 0 Å². The van der Waals surface area contributed by atoms with Crippen molar-refractivity contribution < 1.29 is 4.74 Å². The highest BCUT2D eigenvalue weighted by atomic mass is 79.9. The lowest BCUT2D eigenvalue weighted by molar-refractivity contribution is 0.237. The Bertz CT molecular complexity index is 389. The van der Waals surface area contributed by atoms with E-state index in [9.17, 15) is 0 Å². The van der Waals surface area contributed by atoms with E-state index in [0.29, 0.717) is 11.8 Å². The van der Waals surface area contributed by atoms with Crippen molar-refractivity contribution in [3.63, 3.8) is 0 Å². The highest BCUT2D eigenvalue weighted by Crippen LogP contribution is 2.30. The summed E-state index contributed by atoms with van der Waals surface area (Å²) in [4.78, 5) is 0. The lowest BCUT2D eigenvalue weighted by Crippen LogP contribution is -2.20. The van der Waals surface area contributed by atoms with Crippen LogP contribution in [0.1, 0.15) is 46.1 Å². The lowest BCUT2D eigenvalue weighted by Gasteiger charge is -2.18. The molecule has 1 aromatic carbocycles. The number of benzene rings is 1. The van der Waals surface area contributed by atoms with Crippen LogP contribution in [0.25, 0.3) is 0 Å². The minimum atomic E-state index is 0.638. The fourth-order valence-electron chi connectivity index (χ4n) is 2.08. The Morgan fingerprint density at radius 2 is 1.90 bits per heavy atom. The molecule has 0 heterocycles. The number of rotatable bonds is 9. The van der Waals surface area contributed by atoms with E-state index in [1.54, 1.807) is 0 Å². The van der Waals surface area contributed by atoms with Gasteiger partial charge in [-0.15, -0.1) is 0 Å². The van der Waals surface area contributed by atoms with Crippen molar-refractivity contribution in [2.75, 3.05) is 13.2 Å². The van der Waals surface area contributed by atoms with Gasteiger partial charge in [0.15, 0.2) is 0 Å². The van der Waals surface area contributed by atoms with Gasteiger partial charge in [-0.3, -0.25) is 0 Å². The molecule has 0 unspecified atom stereocenters. The first kappa shape index (κ1) is 17.5. The molecule has 0 aliphatic rings. The van der Waals surface area contributed by atoms with Gasteiger partial charge in [-0.2, -0.15) is 0 Å². The first-order valence-corrected chi connectivity index (χ1v) is 8.48. The average molecular weight is 342 g/mol. The molecule has 0 aromatic heterocycles. The van der Waals surface area contributed by atoms with E-state index in [-0.39, 0.29) is 0 Å². The monoisotopic (exact) mass is 341 g/mol. The summed E-state index contributed by atoms with van der Waals surface area (Å²) in [6, 6.07) is 6.26. The van der Waals surface area contributed by atoms with Crippen molar-refractivity contribution in [2.24, 2.45) is 11.8 Å². The number of ether oxygens (including phenoxy) is 1. The molecule has 1 N–H and O–H groups in total. The van der Waals surface area contributed by atoms with E-state index in [2.05, 4.69) is 61.1 Å². The van der Waals surface area contributed by atoms with Gasteiger partial charge in [0, 0.05) is 12.1 Å². The maximum absolute atomic E-state index is 6.08. The average Bonchev–Trinajstić information content (AvgIpc) is 2.41. The third-order valence-electron chi connectivity index (χ3n) is 3.53. The lowest BCUT2D eigenvalue weighted by atomic mass is 10.1. The molecule has 20 heavy (non-hydrogen) atoms. The molecule has 0 saturated carbocycles. The molecular weight excluding hydrogens is 314 g/mol. The summed E-state index contributed by atoms with van der Waals surface area (Å²) in [5, 5.41) is 3.48. The van der Waals surface area contributed by atoms with Gasteiger partial charge in [-0.1, -0.05) is 52.7 Å². The molecule has 0 saturated heterocycles. The van der Waals surface area contributed by atoms with Gasteiger partial charge < -0.3 is 10.1 Å².